The molecular formula is C39H49N3O9. The molecule has 0 saturated carbocycles. The first-order valence-corrected chi connectivity index (χ1v) is 17.4. The zero-order valence-electron chi connectivity index (χ0n) is 30.0. The van der Waals surface area contributed by atoms with E-state index in [4.69, 9.17) is 33.2 Å². The van der Waals surface area contributed by atoms with Crippen LogP contribution in [0.5, 0.6) is 11.5 Å². The van der Waals surface area contributed by atoms with Gasteiger partial charge < -0.3 is 43.5 Å². The number of aromatic amines is 1. The van der Waals surface area contributed by atoms with Crippen molar-refractivity contribution in [3.8, 4) is 11.5 Å². The van der Waals surface area contributed by atoms with Gasteiger partial charge in [-0.15, -0.1) is 0 Å². The summed E-state index contributed by atoms with van der Waals surface area (Å²) in [5.41, 5.74) is 1.24. The van der Waals surface area contributed by atoms with Crippen LogP contribution in [0, 0.1) is 5.92 Å². The summed E-state index contributed by atoms with van der Waals surface area (Å²) >= 11 is 0. The molecule has 1 aromatic heterocycles. The van der Waals surface area contributed by atoms with Crippen molar-refractivity contribution in [3.63, 3.8) is 0 Å². The molecule has 1 unspecified atom stereocenters. The number of imidazole rings is 1. The first kappa shape index (κ1) is 37.8. The van der Waals surface area contributed by atoms with Crippen LogP contribution in [-0.2, 0) is 30.2 Å². The number of carbonyl (C=O) groups excluding carboxylic acids is 2. The summed E-state index contributed by atoms with van der Waals surface area (Å²) in [6.45, 7) is 9.29. The van der Waals surface area contributed by atoms with E-state index in [1.54, 1.807) is 54.9 Å². The van der Waals surface area contributed by atoms with E-state index >= 15 is 0 Å². The molecule has 5 atom stereocenters. The Bertz CT molecular complexity index is 1620. The van der Waals surface area contributed by atoms with Crippen molar-refractivity contribution in [2.24, 2.45) is 5.92 Å². The Balaban J connectivity index is 1.38. The molecule has 0 spiro atoms. The summed E-state index contributed by atoms with van der Waals surface area (Å²) in [7, 11) is 1.51. The Morgan fingerprint density at radius 1 is 1.08 bits per heavy atom. The molecule has 0 aliphatic carbocycles. The minimum absolute atomic E-state index is 0.0734. The third-order valence-corrected chi connectivity index (χ3v) is 8.61. The van der Waals surface area contributed by atoms with Gasteiger partial charge in [-0.2, -0.15) is 0 Å². The molecule has 2 aromatic carbocycles. The maximum Gasteiger partial charge on any atom is 0.342 e. The second-order valence-corrected chi connectivity index (χ2v) is 13.1. The summed E-state index contributed by atoms with van der Waals surface area (Å²) < 4.78 is 42.0. The minimum Gasteiger partial charge on any atom is -0.493 e. The number of hydrogen-bond donors (Lipinski definition) is 2. The van der Waals surface area contributed by atoms with Crippen LogP contribution in [0.3, 0.4) is 0 Å². The highest BCUT2D eigenvalue weighted by Crippen LogP contribution is 2.36. The maximum absolute atomic E-state index is 13.8. The summed E-state index contributed by atoms with van der Waals surface area (Å²) in [6.07, 6.45) is 10.7. The van der Waals surface area contributed by atoms with Crippen LogP contribution >= 0.6 is 0 Å². The van der Waals surface area contributed by atoms with Crippen LogP contribution in [-0.4, -0.2) is 79.2 Å². The van der Waals surface area contributed by atoms with Crippen molar-refractivity contribution in [1.82, 2.24) is 15.3 Å². The molecule has 2 aliphatic heterocycles. The number of esters is 2. The lowest BCUT2D eigenvalue weighted by atomic mass is 9.98. The van der Waals surface area contributed by atoms with E-state index in [1.807, 2.05) is 52.0 Å². The smallest absolute Gasteiger partial charge is 0.342 e. The number of hydrogen-bond acceptors (Lipinski definition) is 11. The number of aromatic nitrogens is 2. The standard InChI is InChI=1S/C39H49N3O9/c1-26-16-17-31(49-37(43)28-12-7-6-8-13-28)36-32(50-39(3,4)51-36)15-11-14-29-22-30(46-21-10-9-18-40-24-34-41-19-20-42-34)23-33(47-25-45-5)35(29)38(44)48-27(26)2/h6-8,11-14,16-17,19-20,22-23,26-27,31-32,36,40H,9-10,15,18,21,24-25H2,1-5H3,(H,41,42)/b14-11+,17-16-/t26-,27+,31?,32+,36-/m1/s1. The van der Waals surface area contributed by atoms with Crippen LogP contribution in [0.4, 0.5) is 0 Å². The van der Waals surface area contributed by atoms with Crippen molar-refractivity contribution in [1.29, 1.82) is 0 Å². The molecular weight excluding hydrogens is 654 g/mol. The van der Waals surface area contributed by atoms with E-state index in [-0.39, 0.29) is 24.0 Å². The SMILES string of the molecule is COCOc1cc(OCCCCNCc2ncc[nH]2)cc2c1C(=O)O[C@@H](C)[C@H](C)/C=C\C(OC(=O)c1ccccc1)[C@H]1OC(C)(C)O[C@H]1C/C=C/2. The Morgan fingerprint density at radius 3 is 2.67 bits per heavy atom. The van der Waals surface area contributed by atoms with Gasteiger partial charge in [-0.05, 0) is 76.4 Å². The highest BCUT2D eigenvalue weighted by molar-refractivity contribution is 5.97. The number of cyclic esters (lactones) is 1. The number of fused-ring (bicyclic) bond motifs is 2. The Hall–Kier alpha value is -4.49. The second kappa shape index (κ2) is 18.1. The topological polar surface area (TPSA) is 139 Å². The Labute approximate surface area is 299 Å². The number of rotatable bonds is 13. The first-order chi connectivity index (χ1) is 24.6. The molecule has 51 heavy (non-hydrogen) atoms. The molecule has 5 rings (SSSR count). The fourth-order valence-electron chi connectivity index (χ4n) is 5.83. The summed E-state index contributed by atoms with van der Waals surface area (Å²) in [4.78, 5) is 34.3. The molecule has 12 heteroatoms. The number of carbonyl (C=O) groups is 2. The van der Waals surface area contributed by atoms with Gasteiger partial charge in [0, 0.05) is 31.5 Å². The van der Waals surface area contributed by atoms with E-state index in [2.05, 4.69) is 15.3 Å². The molecule has 0 amide bonds. The van der Waals surface area contributed by atoms with Gasteiger partial charge in [0.15, 0.2) is 12.6 Å². The van der Waals surface area contributed by atoms with Crippen LogP contribution in [0.2, 0.25) is 0 Å². The minimum atomic E-state index is -0.922. The number of unbranched alkanes of at least 4 members (excludes halogenated alkanes) is 1. The zero-order valence-corrected chi connectivity index (χ0v) is 30.0. The maximum atomic E-state index is 13.8. The average molecular weight is 704 g/mol. The Morgan fingerprint density at radius 2 is 1.90 bits per heavy atom. The van der Waals surface area contributed by atoms with Crippen LogP contribution in [0.15, 0.2) is 73.1 Å². The van der Waals surface area contributed by atoms with Gasteiger partial charge in [0.05, 0.1) is 24.8 Å². The molecule has 2 aliphatic rings. The number of H-pyrrole nitrogens is 1. The average Bonchev–Trinajstić information content (AvgIpc) is 3.75. The number of nitrogens with one attached hydrogen (secondary N) is 2. The van der Waals surface area contributed by atoms with E-state index in [0.29, 0.717) is 36.4 Å². The van der Waals surface area contributed by atoms with Crippen LogP contribution in [0.25, 0.3) is 6.08 Å². The van der Waals surface area contributed by atoms with Crippen molar-refractivity contribution in [2.75, 3.05) is 27.1 Å². The fraction of sp³-hybridized carbons (Fsp3) is 0.462. The number of ether oxygens (including phenoxy) is 7. The number of methoxy groups -OCH3 is 1. The highest BCUT2D eigenvalue weighted by Gasteiger charge is 2.45. The summed E-state index contributed by atoms with van der Waals surface area (Å²) in [5, 5.41) is 3.36. The molecule has 0 radical (unpaired) electrons. The molecule has 3 heterocycles. The van der Waals surface area contributed by atoms with Crippen LogP contribution in [0.1, 0.15) is 79.1 Å². The van der Waals surface area contributed by atoms with Crippen molar-refractivity contribution >= 4 is 18.0 Å². The number of nitrogens with zero attached hydrogens (tertiary/aromatic N) is 1. The lowest BCUT2D eigenvalue weighted by molar-refractivity contribution is -0.152. The van der Waals surface area contributed by atoms with Gasteiger partial charge in [0.25, 0.3) is 0 Å². The lowest BCUT2D eigenvalue weighted by Crippen LogP contribution is -2.37. The van der Waals surface area contributed by atoms with Gasteiger partial charge in [-0.25, -0.2) is 14.6 Å². The highest BCUT2D eigenvalue weighted by atomic mass is 16.8. The predicted octanol–water partition coefficient (Wildman–Crippen LogP) is 6.24. The monoisotopic (exact) mass is 703 g/mol. The first-order valence-electron chi connectivity index (χ1n) is 17.4. The molecule has 1 saturated heterocycles. The molecule has 12 nitrogen and oxygen atoms in total. The van der Waals surface area contributed by atoms with E-state index in [0.717, 1.165) is 25.2 Å². The van der Waals surface area contributed by atoms with Crippen molar-refractivity contribution in [3.05, 3.63) is 95.6 Å². The summed E-state index contributed by atoms with van der Waals surface area (Å²) in [5.74, 6) is -0.476. The van der Waals surface area contributed by atoms with Gasteiger partial charge in [-0.3, -0.25) is 0 Å². The van der Waals surface area contributed by atoms with E-state index in [1.165, 1.54) is 7.11 Å². The third-order valence-electron chi connectivity index (χ3n) is 8.61. The van der Waals surface area contributed by atoms with E-state index in [9.17, 15) is 9.59 Å². The molecule has 0 bridgehead atoms. The zero-order chi connectivity index (χ0) is 36.2. The van der Waals surface area contributed by atoms with E-state index < -0.39 is 42.1 Å². The van der Waals surface area contributed by atoms with Gasteiger partial charge in [-0.1, -0.05) is 43.4 Å². The van der Waals surface area contributed by atoms with Gasteiger partial charge in [0.2, 0.25) is 0 Å². The van der Waals surface area contributed by atoms with Crippen molar-refractivity contribution < 1.29 is 42.7 Å². The van der Waals surface area contributed by atoms with Crippen LogP contribution < -0.4 is 14.8 Å². The fourth-order valence-corrected chi connectivity index (χ4v) is 5.83. The quantitative estimate of drug-likeness (QED) is 0.0905. The normalized spacial score (nSPS) is 24.3. The predicted molar refractivity (Wildman–Crippen MR) is 190 cm³/mol. The lowest BCUT2D eigenvalue weighted by Gasteiger charge is -2.25. The van der Waals surface area contributed by atoms with Gasteiger partial charge in [0.1, 0.15) is 41.2 Å². The largest absolute Gasteiger partial charge is 0.493 e. The van der Waals surface area contributed by atoms with Gasteiger partial charge >= 0.3 is 11.9 Å². The van der Waals surface area contributed by atoms with Crippen molar-refractivity contribution in [2.45, 2.75) is 83.7 Å². The third kappa shape index (κ3) is 10.8. The molecule has 2 N–H and O–H groups in total. The second-order valence-electron chi connectivity index (χ2n) is 13.1. The molecule has 274 valence electrons. The molecule has 1 fully saturated rings. The molecule has 3 aromatic rings. The Kier molecular flexibility index (Phi) is 13.4. The summed E-state index contributed by atoms with van der Waals surface area (Å²) in [6, 6.07) is 12.3. The number of benzene rings is 2.